The van der Waals surface area contributed by atoms with Crippen LogP contribution in [0.2, 0.25) is 0 Å². The fourth-order valence-corrected chi connectivity index (χ4v) is 4.28. The Morgan fingerprint density at radius 1 is 0.600 bits per heavy atom. The zero-order valence-electron chi connectivity index (χ0n) is 20.7. The molecule has 1 aromatic carbocycles. The van der Waals surface area contributed by atoms with Crippen LogP contribution >= 0.6 is 0 Å². The molecule has 1 nitrogen and oxygen atoms in total. The second-order valence-electron chi connectivity index (χ2n) is 9.90. The van der Waals surface area contributed by atoms with Crippen molar-refractivity contribution in [2.75, 3.05) is 14.1 Å². The van der Waals surface area contributed by atoms with Gasteiger partial charge in [-0.15, -0.1) is 0 Å². The van der Waals surface area contributed by atoms with E-state index in [9.17, 15) is 0 Å². The van der Waals surface area contributed by atoms with Crippen molar-refractivity contribution in [3.63, 3.8) is 0 Å². The Balaban J connectivity index is 1.84. The number of hydrogen-bond donors (Lipinski definition) is 0. The number of allylic oxidation sites excluding steroid dienone is 1. The van der Waals surface area contributed by atoms with Crippen LogP contribution in [-0.4, -0.2) is 18.6 Å². The third-order valence-electron chi connectivity index (χ3n) is 6.17. The molecule has 0 radical (unpaired) electrons. The largest absolute Gasteiger partial charge is 0.299 e. The summed E-state index contributed by atoms with van der Waals surface area (Å²) in [4.78, 5) is 0. The van der Waals surface area contributed by atoms with Crippen molar-refractivity contribution in [3.05, 3.63) is 48.2 Å². The Morgan fingerprint density at radius 2 is 1.03 bits per heavy atom. The molecule has 0 fully saturated rings. The van der Waals surface area contributed by atoms with Gasteiger partial charge in [-0.25, -0.2) is 0 Å². The lowest BCUT2D eigenvalue weighted by molar-refractivity contribution is -0.852. The molecular weight excluding hydrogens is 362 g/mol. The monoisotopic (exact) mass is 414 g/mol. The van der Waals surface area contributed by atoms with Crippen molar-refractivity contribution in [2.45, 2.75) is 123 Å². The van der Waals surface area contributed by atoms with Crippen molar-refractivity contribution < 1.29 is 4.48 Å². The number of rotatable bonds is 20. The molecule has 0 atom stereocenters. The van der Waals surface area contributed by atoms with E-state index in [0.717, 1.165) is 11.0 Å². The van der Waals surface area contributed by atoms with Gasteiger partial charge in [0.15, 0.2) is 0 Å². The van der Waals surface area contributed by atoms with E-state index in [4.69, 9.17) is 0 Å². The molecule has 0 aliphatic carbocycles. The first kappa shape index (κ1) is 27.0. The van der Waals surface area contributed by atoms with E-state index in [1.165, 1.54) is 115 Å². The van der Waals surface area contributed by atoms with Gasteiger partial charge in [0.25, 0.3) is 0 Å². The summed E-state index contributed by atoms with van der Waals surface area (Å²) < 4.78 is 0.933. The van der Waals surface area contributed by atoms with Crippen molar-refractivity contribution in [3.8, 4) is 0 Å². The number of unbranched alkanes of at least 4 members (excludes halogenated alkanes) is 16. The molecule has 172 valence electrons. The van der Waals surface area contributed by atoms with Crippen LogP contribution < -0.4 is 0 Å². The highest BCUT2D eigenvalue weighted by Crippen LogP contribution is 2.15. The van der Waals surface area contributed by atoms with Crippen LogP contribution in [0.1, 0.15) is 122 Å². The van der Waals surface area contributed by atoms with E-state index in [1.807, 2.05) is 0 Å². The second-order valence-corrected chi connectivity index (χ2v) is 9.90. The zero-order valence-corrected chi connectivity index (χ0v) is 20.7. The molecule has 0 aromatic heterocycles. The molecule has 30 heavy (non-hydrogen) atoms. The molecule has 0 heterocycles. The normalized spacial score (nSPS) is 12.1. The molecule has 0 unspecified atom stereocenters. The molecule has 0 aliphatic heterocycles. The van der Waals surface area contributed by atoms with Gasteiger partial charge in [0.05, 0.1) is 20.3 Å². The smallest absolute Gasteiger partial charge is 0.108 e. The standard InChI is InChI=1S/C29H52N/c1-4-5-6-7-8-9-10-11-12-13-14-15-16-17-18-19-20-24-27-30(2,3)28-29-25-22-21-23-26-29/h21-27H,4-20,28H2,1-3H3/q+1. The van der Waals surface area contributed by atoms with Gasteiger partial charge >= 0.3 is 0 Å². The topological polar surface area (TPSA) is 0 Å². The third kappa shape index (κ3) is 16.7. The fourth-order valence-electron chi connectivity index (χ4n) is 4.28. The maximum absolute atomic E-state index is 2.40. The van der Waals surface area contributed by atoms with Crippen LogP contribution in [0.15, 0.2) is 42.6 Å². The fraction of sp³-hybridized carbons (Fsp3) is 0.724. The summed E-state index contributed by atoms with van der Waals surface area (Å²) in [7, 11) is 4.58. The molecule has 0 saturated carbocycles. The Labute approximate surface area is 189 Å². The molecule has 0 aliphatic rings. The van der Waals surface area contributed by atoms with E-state index >= 15 is 0 Å². The summed E-state index contributed by atoms with van der Waals surface area (Å²) in [5, 5.41) is 0. The maximum Gasteiger partial charge on any atom is 0.108 e. The predicted octanol–water partition coefficient (Wildman–Crippen LogP) is 9.43. The molecule has 0 N–H and O–H groups in total. The van der Waals surface area contributed by atoms with Crippen LogP contribution in [0.5, 0.6) is 0 Å². The SMILES string of the molecule is CCCCCCCCCCCCCCCCCCC=C[N+](C)(C)Cc1ccccc1. The lowest BCUT2D eigenvalue weighted by atomic mass is 10.0. The summed E-state index contributed by atoms with van der Waals surface area (Å²) in [5.41, 5.74) is 1.41. The quantitative estimate of drug-likeness (QED) is 0.147. The average molecular weight is 415 g/mol. The van der Waals surface area contributed by atoms with E-state index < -0.39 is 0 Å². The third-order valence-corrected chi connectivity index (χ3v) is 6.17. The highest BCUT2D eigenvalue weighted by molar-refractivity contribution is 5.13. The first-order chi connectivity index (χ1) is 14.6. The molecule has 0 bridgehead atoms. The van der Waals surface area contributed by atoms with Crippen molar-refractivity contribution in [2.24, 2.45) is 0 Å². The first-order valence-electron chi connectivity index (χ1n) is 13.2. The van der Waals surface area contributed by atoms with Gasteiger partial charge in [0.1, 0.15) is 6.54 Å². The van der Waals surface area contributed by atoms with Crippen molar-refractivity contribution in [1.29, 1.82) is 0 Å². The molecule has 1 heteroatoms. The van der Waals surface area contributed by atoms with Gasteiger partial charge < -0.3 is 0 Å². The van der Waals surface area contributed by atoms with Gasteiger partial charge in [-0.3, -0.25) is 4.48 Å². The lowest BCUT2D eigenvalue weighted by Crippen LogP contribution is -2.32. The van der Waals surface area contributed by atoms with E-state index in [1.54, 1.807) is 0 Å². The van der Waals surface area contributed by atoms with Crippen LogP contribution in [0.3, 0.4) is 0 Å². The summed E-state index contributed by atoms with van der Waals surface area (Å²) >= 11 is 0. The van der Waals surface area contributed by atoms with Crippen LogP contribution in [-0.2, 0) is 6.54 Å². The Bertz CT molecular complexity index is 502. The van der Waals surface area contributed by atoms with Gasteiger partial charge in [-0.2, -0.15) is 0 Å². The zero-order chi connectivity index (χ0) is 21.8. The van der Waals surface area contributed by atoms with E-state index in [2.05, 4.69) is 63.6 Å². The summed E-state index contributed by atoms with van der Waals surface area (Å²) in [6.07, 6.45) is 29.1. The van der Waals surface area contributed by atoms with E-state index in [-0.39, 0.29) is 0 Å². The van der Waals surface area contributed by atoms with Gasteiger partial charge in [-0.05, 0) is 18.9 Å². The van der Waals surface area contributed by atoms with Crippen molar-refractivity contribution in [1.82, 2.24) is 0 Å². The predicted molar refractivity (Wildman–Crippen MR) is 136 cm³/mol. The summed E-state index contributed by atoms with van der Waals surface area (Å²) in [6.45, 7) is 3.36. The van der Waals surface area contributed by atoms with E-state index in [0.29, 0.717) is 0 Å². The van der Waals surface area contributed by atoms with Gasteiger partial charge in [0, 0.05) is 5.56 Å². The molecule has 1 rings (SSSR count). The lowest BCUT2D eigenvalue weighted by Gasteiger charge is -2.25. The maximum atomic E-state index is 2.40. The minimum atomic E-state index is 0.933. The highest BCUT2D eigenvalue weighted by atomic mass is 15.3. The van der Waals surface area contributed by atoms with Gasteiger partial charge in [0.2, 0.25) is 0 Å². The number of quaternary nitrogens is 1. The van der Waals surface area contributed by atoms with Crippen molar-refractivity contribution >= 4 is 0 Å². The average Bonchev–Trinajstić information content (AvgIpc) is 2.73. The number of hydrogen-bond acceptors (Lipinski definition) is 0. The minimum Gasteiger partial charge on any atom is -0.299 e. The summed E-state index contributed by atoms with van der Waals surface area (Å²) in [5.74, 6) is 0. The second kappa shape index (κ2) is 18.7. The Kier molecular flexibility index (Phi) is 16.8. The summed E-state index contributed by atoms with van der Waals surface area (Å²) in [6, 6.07) is 10.8. The minimum absolute atomic E-state index is 0.933. The number of nitrogens with zero attached hydrogens (tertiary/aromatic N) is 1. The van der Waals surface area contributed by atoms with Crippen LogP contribution in [0.4, 0.5) is 0 Å². The Hall–Kier alpha value is -1.08. The molecular formula is C29H52N+. The molecule has 0 spiro atoms. The van der Waals surface area contributed by atoms with Crippen LogP contribution in [0.25, 0.3) is 0 Å². The van der Waals surface area contributed by atoms with Gasteiger partial charge in [-0.1, -0.05) is 134 Å². The Morgan fingerprint density at radius 3 is 1.50 bits per heavy atom. The highest BCUT2D eigenvalue weighted by Gasteiger charge is 2.11. The molecule has 1 aromatic rings. The number of benzene rings is 1. The molecule has 0 saturated heterocycles. The van der Waals surface area contributed by atoms with Crippen LogP contribution in [0, 0.1) is 0 Å². The molecule has 0 amide bonds. The first-order valence-corrected chi connectivity index (χ1v) is 13.2.